The smallest absolute Gasteiger partial charge is 0.258 e. The van der Waals surface area contributed by atoms with E-state index in [9.17, 15) is 4.79 Å². The Balaban J connectivity index is 2.00. The Kier molecular flexibility index (Phi) is 4.60. The van der Waals surface area contributed by atoms with Gasteiger partial charge in [0.05, 0.1) is 26.9 Å². The molecule has 0 bridgehead atoms. The summed E-state index contributed by atoms with van der Waals surface area (Å²) >= 11 is 0. The van der Waals surface area contributed by atoms with Gasteiger partial charge in [0.1, 0.15) is 0 Å². The van der Waals surface area contributed by atoms with E-state index >= 15 is 0 Å². The average molecular weight is 327 g/mol. The number of benzene rings is 2. The second-order valence-corrected chi connectivity index (χ2v) is 5.64. The largest absolute Gasteiger partial charge is 0.493 e. The summed E-state index contributed by atoms with van der Waals surface area (Å²) in [6.07, 6.45) is 0.755. The third-order valence-corrected chi connectivity index (χ3v) is 4.28. The molecule has 0 fully saturated rings. The summed E-state index contributed by atoms with van der Waals surface area (Å²) in [6.45, 7) is 1.25. The molecule has 0 radical (unpaired) electrons. The highest BCUT2D eigenvalue weighted by molar-refractivity contribution is 6.01. The molecule has 0 saturated heterocycles. The standard InChI is InChI=1S/C19H21NO4/c1-22-15-11-14-9-10-20(12-13-7-5-4-6-8-13)19(21)16(14)18(24-3)17(15)23-2/h4-8,11H,9-10,12H2,1-3H3. The lowest BCUT2D eigenvalue weighted by Gasteiger charge is -2.30. The van der Waals surface area contributed by atoms with E-state index < -0.39 is 0 Å². The van der Waals surface area contributed by atoms with Crippen LogP contribution in [0.1, 0.15) is 21.5 Å². The second kappa shape index (κ2) is 6.83. The highest BCUT2D eigenvalue weighted by Crippen LogP contribution is 2.43. The number of rotatable bonds is 5. The lowest BCUT2D eigenvalue weighted by Crippen LogP contribution is -2.37. The number of nitrogens with zero attached hydrogens (tertiary/aromatic N) is 1. The minimum Gasteiger partial charge on any atom is -0.493 e. The summed E-state index contributed by atoms with van der Waals surface area (Å²) in [5.41, 5.74) is 2.60. The Bertz CT molecular complexity index is 743. The van der Waals surface area contributed by atoms with Crippen LogP contribution >= 0.6 is 0 Å². The number of hydrogen-bond acceptors (Lipinski definition) is 4. The van der Waals surface area contributed by atoms with Gasteiger partial charge in [0, 0.05) is 13.1 Å². The van der Waals surface area contributed by atoms with E-state index in [-0.39, 0.29) is 5.91 Å². The predicted octanol–water partition coefficient (Wildman–Crippen LogP) is 2.91. The molecule has 1 amide bonds. The summed E-state index contributed by atoms with van der Waals surface area (Å²) in [4.78, 5) is 14.9. The van der Waals surface area contributed by atoms with Crippen LogP contribution in [0.2, 0.25) is 0 Å². The maximum absolute atomic E-state index is 13.0. The molecule has 0 saturated carbocycles. The van der Waals surface area contributed by atoms with Gasteiger partial charge in [0.15, 0.2) is 11.5 Å². The second-order valence-electron chi connectivity index (χ2n) is 5.64. The lowest BCUT2D eigenvalue weighted by molar-refractivity contribution is 0.0722. The molecule has 1 heterocycles. The molecule has 0 unspecified atom stereocenters. The molecule has 24 heavy (non-hydrogen) atoms. The maximum atomic E-state index is 13.0. The van der Waals surface area contributed by atoms with E-state index in [1.807, 2.05) is 41.3 Å². The fourth-order valence-corrected chi connectivity index (χ4v) is 3.11. The van der Waals surface area contributed by atoms with E-state index in [2.05, 4.69) is 0 Å². The van der Waals surface area contributed by atoms with Gasteiger partial charge in [-0.2, -0.15) is 0 Å². The number of amides is 1. The number of fused-ring (bicyclic) bond motifs is 1. The van der Waals surface area contributed by atoms with E-state index in [1.165, 1.54) is 0 Å². The van der Waals surface area contributed by atoms with Crippen molar-refractivity contribution in [2.75, 3.05) is 27.9 Å². The van der Waals surface area contributed by atoms with Crippen LogP contribution in [0.15, 0.2) is 36.4 Å². The average Bonchev–Trinajstić information content (AvgIpc) is 2.63. The molecule has 5 nitrogen and oxygen atoms in total. The third kappa shape index (κ3) is 2.77. The molecule has 0 atom stereocenters. The van der Waals surface area contributed by atoms with Crippen molar-refractivity contribution in [3.05, 3.63) is 53.1 Å². The Labute approximate surface area is 141 Å². The highest BCUT2D eigenvalue weighted by Gasteiger charge is 2.31. The van der Waals surface area contributed by atoms with Gasteiger partial charge >= 0.3 is 0 Å². The van der Waals surface area contributed by atoms with Gasteiger partial charge in [0.2, 0.25) is 5.75 Å². The van der Waals surface area contributed by atoms with Crippen LogP contribution in [-0.4, -0.2) is 38.7 Å². The first-order chi connectivity index (χ1) is 11.7. The van der Waals surface area contributed by atoms with Crippen LogP contribution in [0.4, 0.5) is 0 Å². The number of methoxy groups -OCH3 is 3. The van der Waals surface area contributed by atoms with Crippen LogP contribution in [0.3, 0.4) is 0 Å². The quantitative estimate of drug-likeness (QED) is 0.847. The third-order valence-electron chi connectivity index (χ3n) is 4.28. The van der Waals surface area contributed by atoms with Crippen LogP contribution in [0.25, 0.3) is 0 Å². The normalized spacial score (nSPS) is 13.5. The van der Waals surface area contributed by atoms with Crippen molar-refractivity contribution < 1.29 is 19.0 Å². The Hall–Kier alpha value is -2.69. The molecule has 126 valence electrons. The van der Waals surface area contributed by atoms with Crippen LogP contribution < -0.4 is 14.2 Å². The van der Waals surface area contributed by atoms with Gasteiger partial charge < -0.3 is 19.1 Å². The van der Waals surface area contributed by atoms with E-state index in [1.54, 1.807) is 21.3 Å². The molecular formula is C19H21NO4. The minimum absolute atomic E-state index is 0.0436. The van der Waals surface area contributed by atoms with Crippen molar-refractivity contribution in [2.24, 2.45) is 0 Å². The Morgan fingerprint density at radius 3 is 2.33 bits per heavy atom. The Morgan fingerprint density at radius 1 is 1.00 bits per heavy atom. The van der Waals surface area contributed by atoms with E-state index in [0.29, 0.717) is 35.9 Å². The predicted molar refractivity (Wildman–Crippen MR) is 91.0 cm³/mol. The highest BCUT2D eigenvalue weighted by atomic mass is 16.5. The molecule has 1 aliphatic heterocycles. The van der Waals surface area contributed by atoms with Crippen LogP contribution in [0.5, 0.6) is 17.2 Å². The first-order valence-electron chi connectivity index (χ1n) is 7.84. The molecule has 0 aromatic heterocycles. The van der Waals surface area contributed by atoms with E-state index in [0.717, 1.165) is 17.5 Å². The van der Waals surface area contributed by atoms with Crippen molar-refractivity contribution in [2.45, 2.75) is 13.0 Å². The van der Waals surface area contributed by atoms with Crippen molar-refractivity contribution in [3.63, 3.8) is 0 Å². The number of carbonyl (C=O) groups excluding carboxylic acids is 1. The minimum atomic E-state index is -0.0436. The Morgan fingerprint density at radius 2 is 1.71 bits per heavy atom. The zero-order valence-corrected chi connectivity index (χ0v) is 14.2. The van der Waals surface area contributed by atoms with Crippen molar-refractivity contribution in [1.29, 1.82) is 0 Å². The van der Waals surface area contributed by atoms with Gasteiger partial charge in [0.25, 0.3) is 5.91 Å². The topological polar surface area (TPSA) is 48.0 Å². The molecule has 2 aromatic rings. The SMILES string of the molecule is COc1cc2c(c(OC)c1OC)C(=O)N(Cc1ccccc1)CC2. The molecular weight excluding hydrogens is 306 g/mol. The molecule has 0 spiro atoms. The summed E-state index contributed by atoms with van der Waals surface area (Å²) in [5, 5.41) is 0. The van der Waals surface area contributed by atoms with Gasteiger partial charge in [-0.1, -0.05) is 30.3 Å². The molecule has 0 aliphatic carbocycles. The first-order valence-corrected chi connectivity index (χ1v) is 7.84. The van der Waals surface area contributed by atoms with Gasteiger partial charge in [-0.3, -0.25) is 4.79 Å². The maximum Gasteiger partial charge on any atom is 0.258 e. The summed E-state index contributed by atoms with van der Waals surface area (Å²) < 4.78 is 16.3. The van der Waals surface area contributed by atoms with Gasteiger partial charge in [-0.15, -0.1) is 0 Å². The molecule has 5 heteroatoms. The zero-order chi connectivity index (χ0) is 17.1. The summed E-state index contributed by atoms with van der Waals surface area (Å²) in [6, 6.07) is 11.8. The molecule has 2 aromatic carbocycles. The van der Waals surface area contributed by atoms with Gasteiger partial charge in [-0.25, -0.2) is 0 Å². The lowest BCUT2D eigenvalue weighted by atomic mass is 9.96. The first kappa shape index (κ1) is 16.2. The van der Waals surface area contributed by atoms with Crippen LogP contribution in [-0.2, 0) is 13.0 Å². The summed E-state index contributed by atoms with van der Waals surface area (Å²) in [5.74, 6) is 1.43. The molecule has 3 rings (SSSR count). The van der Waals surface area contributed by atoms with Crippen molar-refractivity contribution >= 4 is 5.91 Å². The monoisotopic (exact) mass is 327 g/mol. The fraction of sp³-hybridized carbons (Fsp3) is 0.316. The van der Waals surface area contributed by atoms with Crippen LogP contribution in [0, 0.1) is 0 Å². The fourth-order valence-electron chi connectivity index (χ4n) is 3.11. The van der Waals surface area contributed by atoms with Crippen molar-refractivity contribution in [3.8, 4) is 17.2 Å². The number of ether oxygens (including phenoxy) is 3. The zero-order valence-electron chi connectivity index (χ0n) is 14.2. The number of hydrogen-bond donors (Lipinski definition) is 0. The molecule has 1 aliphatic rings. The van der Waals surface area contributed by atoms with Gasteiger partial charge in [-0.05, 0) is 23.6 Å². The molecule has 0 N–H and O–H groups in total. The van der Waals surface area contributed by atoms with Crippen molar-refractivity contribution in [1.82, 2.24) is 4.90 Å². The number of carbonyl (C=O) groups is 1. The summed E-state index contributed by atoms with van der Waals surface area (Å²) in [7, 11) is 4.67. The van der Waals surface area contributed by atoms with E-state index in [4.69, 9.17) is 14.2 Å².